The van der Waals surface area contributed by atoms with E-state index in [1.807, 2.05) is 25.1 Å². The molecule has 2 saturated heterocycles. The van der Waals surface area contributed by atoms with E-state index < -0.39 is 5.41 Å². The number of halogens is 1. The van der Waals surface area contributed by atoms with Gasteiger partial charge in [0.1, 0.15) is 0 Å². The number of benzene rings is 1. The number of aryl methyl sites for hydroxylation is 1. The van der Waals surface area contributed by atoms with Crippen molar-refractivity contribution < 1.29 is 9.32 Å². The Morgan fingerprint density at radius 2 is 2.04 bits per heavy atom. The third kappa shape index (κ3) is 4.23. The van der Waals surface area contributed by atoms with Crippen LogP contribution in [-0.4, -0.2) is 47.1 Å². The van der Waals surface area contributed by atoms with Crippen molar-refractivity contribution in [3.8, 4) is 0 Å². The molecule has 2 aliphatic heterocycles. The van der Waals surface area contributed by atoms with Gasteiger partial charge in [-0.15, -0.1) is 12.4 Å². The summed E-state index contributed by atoms with van der Waals surface area (Å²) in [6, 6.07) is 10.3. The van der Waals surface area contributed by atoms with E-state index in [1.165, 1.54) is 0 Å². The zero-order chi connectivity index (χ0) is 18.7. The second-order valence-corrected chi connectivity index (χ2v) is 7.89. The fraction of sp³-hybridized carbons (Fsp3) is 0.571. The number of rotatable bonds is 4. The minimum Gasteiger partial charge on any atom is -0.342 e. The Morgan fingerprint density at radius 1 is 1.29 bits per heavy atom. The highest BCUT2D eigenvalue weighted by molar-refractivity contribution is 5.88. The quantitative estimate of drug-likeness (QED) is 0.848. The molecule has 1 aromatic heterocycles. The molecule has 0 aliphatic carbocycles. The van der Waals surface area contributed by atoms with Crippen molar-refractivity contribution in [3.05, 3.63) is 47.6 Å². The van der Waals surface area contributed by atoms with Crippen molar-refractivity contribution in [3.63, 3.8) is 0 Å². The largest absolute Gasteiger partial charge is 0.342 e. The van der Waals surface area contributed by atoms with E-state index in [0.29, 0.717) is 17.7 Å². The number of amides is 1. The minimum absolute atomic E-state index is 0. The van der Waals surface area contributed by atoms with Crippen LogP contribution in [0.1, 0.15) is 43.0 Å². The molecular weight excluding hydrogens is 376 g/mol. The van der Waals surface area contributed by atoms with E-state index in [-0.39, 0.29) is 12.4 Å². The lowest BCUT2D eigenvalue weighted by Crippen LogP contribution is -2.54. The van der Waals surface area contributed by atoms with E-state index in [0.717, 1.165) is 69.7 Å². The van der Waals surface area contributed by atoms with Gasteiger partial charge in [-0.3, -0.25) is 4.79 Å². The molecular formula is C21H29ClN4O2. The van der Waals surface area contributed by atoms with Gasteiger partial charge in [0.15, 0.2) is 5.82 Å². The van der Waals surface area contributed by atoms with Crippen LogP contribution in [0.15, 0.2) is 34.9 Å². The number of likely N-dealkylation sites (tertiary alicyclic amines) is 1. The monoisotopic (exact) mass is 404 g/mol. The average molecular weight is 405 g/mol. The number of piperidine rings is 2. The number of aromatic nitrogens is 2. The zero-order valence-corrected chi connectivity index (χ0v) is 17.2. The van der Waals surface area contributed by atoms with Crippen LogP contribution in [0, 0.1) is 12.8 Å². The van der Waals surface area contributed by atoms with Crippen molar-refractivity contribution in [1.82, 2.24) is 20.4 Å². The second kappa shape index (κ2) is 9.05. The van der Waals surface area contributed by atoms with E-state index in [9.17, 15) is 4.79 Å². The highest BCUT2D eigenvalue weighted by Crippen LogP contribution is 2.36. The molecule has 2 fully saturated rings. The van der Waals surface area contributed by atoms with Crippen LogP contribution >= 0.6 is 12.4 Å². The van der Waals surface area contributed by atoms with Gasteiger partial charge in [0.25, 0.3) is 0 Å². The first kappa shape index (κ1) is 20.8. The van der Waals surface area contributed by atoms with Gasteiger partial charge in [0.05, 0.1) is 5.41 Å². The van der Waals surface area contributed by atoms with Gasteiger partial charge < -0.3 is 14.7 Å². The van der Waals surface area contributed by atoms with Crippen LogP contribution in [-0.2, 0) is 16.6 Å². The molecule has 0 spiro atoms. The molecule has 1 amide bonds. The SMILES string of the molecule is Cc1nc(CC2CCCN(C(=O)C3(c4ccccc4)CCNCC3)C2)no1.Cl. The van der Waals surface area contributed by atoms with Crippen LogP contribution in [0.5, 0.6) is 0 Å². The Labute approximate surface area is 172 Å². The first-order valence-electron chi connectivity index (χ1n) is 10.0. The van der Waals surface area contributed by atoms with Gasteiger partial charge in [-0.05, 0) is 50.3 Å². The standard InChI is InChI=1S/C21H28N4O2.ClH/c1-16-23-19(24-27-16)14-17-6-5-13-25(15-17)20(26)21(9-11-22-12-10-21)18-7-3-2-4-8-18;/h2-4,7-8,17,22H,5-6,9-15H2,1H3;1H. The number of nitrogens with one attached hydrogen (secondary N) is 1. The lowest BCUT2D eigenvalue weighted by atomic mass is 9.71. The van der Waals surface area contributed by atoms with Crippen molar-refractivity contribution >= 4 is 18.3 Å². The molecule has 1 unspecified atom stereocenters. The summed E-state index contributed by atoms with van der Waals surface area (Å²) >= 11 is 0. The van der Waals surface area contributed by atoms with Crippen LogP contribution in [0.2, 0.25) is 0 Å². The third-order valence-corrected chi connectivity index (χ3v) is 6.04. The van der Waals surface area contributed by atoms with E-state index in [2.05, 4.69) is 32.5 Å². The number of nitrogens with zero attached hydrogens (tertiary/aromatic N) is 3. The molecule has 6 nitrogen and oxygen atoms in total. The maximum atomic E-state index is 13.7. The van der Waals surface area contributed by atoms with Gasteiger partial charge in [-0.1, -0.05) is 35.5 Å². The number of hydrogen-bond acceptors (Lipinski definition) is 5. The highest BCUT2D eigenvalue weighted by atomic mass is 35.5. The number of carbonyl (C=O) groups is 1. The van der Waals surface area contributed by atoms with Crippen LogP contribution in [0.4, 0.5) is 0 Å². The molecule has 2 aliphatic rings. The number of carbonyl (C=O) groups excluding carboxylic acids is 1. The predicted octanol–water partition coefficient (Wildman–Crippen LogP) is 2.90. The summed E-state index contributed by atoms with van der Waals surface area (Å²) in [6.07, 6.45) is 4.65. The summed E-state index contributed by atoms with van der Waals surface area (Å²) in [7, 11) is 0. The normalized spacial score (nSPS) is 21.8. The molecule has 0 bridgehead atoms. The maximum absolute atomic E-state index is 13.7. The molecule has 3 heterocycles. The van der Waals surface area contributed by atoms with Gasteiger partial charge in [-0.25, -0.2) is 0 Å². The maximum Gasteiger partial charge on any atom is 0.233 e. The summed E-state index contributed by atoms with van der Waals surface area (Å²) in [5.41, 5.74) is 0.768. The Balaban J connectivity index is 0.00000225. The molecule has 7 heteroatoms. The Morgan fingerprint density at radius 3 is 2.71 bits per heavy atom. The predicted molar refractivity (Wildman–Crippen MR) is 110 cm³/mol. The second-order valence-electron chi connectivity index (χ2n) is 7.89. The first-order valence-corrected chi connectivity index (χ1v) is 10.0. The topological polar surface area (TPSA) is 71.3 Å². The summed E-state index contributed by atoms with van der Waals surface area (Å²) < 4.78 is 5.10. The van der Waals surface area contributed by atoms with Crippen molar-refractivity contribution in [2.24, 2.45) is 5.92 Å². The van der Waals surface area contributed by atoms with Crippen molar-refractivity contribution in [2.75, 3.05) is 26.2 Å². The molecule has 1 N–H and O–H groups in total. The molecule has 4 rings (SSSR count). The third-order valence-electron chi connectivity index (χ3n) is 6.04. The molecule has 152 valence electrons. The summed E-state index contributed by atoms with van der Waals surface area (Å²) in [4.78, 5) is 20.2. The fourth-order valence-electron chi connectivity index (χ4n) is 4.64. The summed E-state index contributed by atoms with van der Waals surface area (Å²) in [6.45, 7) is 5.23. The molecule has 1 aromatic carbocycles. The molecule has 0 radical (unpaired) electrons. The van der Waals surface area contributed by atoms with Crippen molar-refractivity contribution in [2.45, 2.75) is 44.4 Å². The zero-order valence-electron chi connectivity index (χ0n) is 16.4. The number of hydrogen-bond donors (Lipinski definition) is 1. The molecule has 28 heavy (non-hydrogen) atoms. The van der Waals surface area contributed by atoms with E-state index in [4.69, 9.17) is 4.52 Å². The Kier molecular flexibility index (Phi) is 6.73. The lowest BCUT2D eigenvalue weighted by molar-refractivity contribution is -0.140. The smallest absolute Gasteiger partial charge is 0.233 e. The fourth-order valence-corrected chi connectivity index (χ4v) is 4.64. The average Bonchev–Trinajstić information content (AvgIpc) is 3.13. The summed E-state index contributed by atoms with van der Waals surface area (Å²) in [5.74, 6) is 2.05. The van der Waals surface area contributed by atoms with Gasteiger partial charge >= 0.3 is 0 Å². The van der Waals surface area contributed by atoms with E-state index >= 15 is 0 Å². The molecule has 2 aromatic rings. The van der Waals surface area contributed by atoms with Gasteiger partial charge in [-0.2, -0.15) is 4.98 Å². The minimum atomic E-state index is -0.392. The Hall–Kier alpha value is -1.92. The van der Waals surface area contributed by atoms with Crippen LogP contribution < -0.4 is 5.32 Å². The van der Waals surface area contributed by atoms with Crippen LogP contribution in [0.25, 0.3) is 0 Å². The highest BCUT2D eigenvalue weighted by Gasteiger charge is 2.44. The van der Waals surface area contributed by atoms with Gasteiger partial charge in [0, 0.05) is 26.4 Å². The van der Waals surface area contributed by atoms with E-state index in [1.54, 1.807) is 0 Å². The lowest BCUT2D eigenvalue weighted by Gasteiger charge is -2.43. The molecule has 0 saturated carbocycles. The van der Waals surface area contributed by atoms with Gasteiger partial charge in [0.2, 0.25) is 11.8 Å². The van der Waals surface area contributed by atoms with Crippen molar-refractivity contribution in [1.29, 1.82) is 0 Å². The first-order chi connectivity index (χ1) is 13.2. The summed E-state index contributed by atoms with van der Waals surface area (Å²) in [5, 5.41) is 7.45. The Bertz CT molecular complexity index is 774. The molecule has 1 atom stereocenters. The van der Waals surface area contributed by atoms with Crippen LogP contribution in [0.3, 0.4) is 0 Å².